The van der Waals surface area contributed by atoms with Crippen molar-refractivity contribution in [2.75, 3.05) is 13.8 Å². The number of nitrogens with one attached hydrogen (secondary N) is 1. The number of likely N-dealkylation sites (tertiary alicyclic amines) is 1. The Morgan fingerprint density at radius 1 is 1.40 bits per heavy atom. The monoisotopic (exact) mass is 284 g/mol. The second-order valence-corrected chi connectivity index (χ2v) is 6.11. The first kappa shape index (κ1) is 15.3. The quantitative estimate of drug-likeness (QED) is 0.701. The van der Waals surface area contributed by atoms with Gasteiger partial charge in [0.05, 0.1) is 12.8 Å². The number of amides is 1. The van der Waals surface area contributed by atoms with Crippen molar-refractivity contribution < 1.29 is 19.4 Å². The van der Waals surface area contributed by atoms with Gasteiger partial charge in [0.25, 0.3) is 0 Å². The van der Waals surface area contributed by atoms with Crippen molar-refractivity contribution in [1.29, 1.82) is 0 Å². The molecule has 114 valence electrons. The fourth-order valence-corrected chi connectivity index (χ4v) is 3.56. The molecule has 6 nitrogen and oxygen atoms in total. The molecule has 4 atom stereocenters. The number of hydrogen-bond acceptors (Lipinski definition) is 4. The second-order valence-electron chi connectivity index (χ2n) is 6.11. The average molecular weight is 284 g/mol. The molecule has 0 aromatic carbocycles. The summed E-state index contributed by atoms with van der Waals surface area (Å²) in [5.41, 5.74) is 0. The summed E-state index contributed by atoms with van der Waals surface area (Å²) in [4.78, 5) is 25.8. The molecule has 2 rings (SSSR count). The molecule has 1 saturated carbocycles. The Kier molecular flexibility index (Phi) is 4.65. The van der Waals surface area contributed by atoms with Gasteiger partial charge in [0.15, 0.2) is 0 Å². The highest BCUT2D eigenvalue weighted by Gasteiger charge is 2.52. The highest BCUT2D eigenvalue weighted by atomic mass is 16.5. The maximum Gasteiger partial charge on any atom is 0.326 e. The van der Waals surface area contributed by atoms with Crippen molar-refractivity contribution in [3.05, 3.63) is 0 Å². The van der Waals surface area contributed by atoms with Crippen LogP contribution >= 0.6 is 0 Å². The van der Waals surface area contributed by atoms with Crippen LogP contribution in [-0.4, -0.2) is 53.8 Å². The van der Waals surface area contributed by atoms with E-state index < -0.39 is 18.1 Å². The second kappa shape index (κ2) is 6.10. The summed E-state index contributed by atoms with van der Waals surface area (Å²) >= 11 is 0. The molecular weight excluding hydrogens is 260 g/mol. The van der Waals surface area contributed by atoms with Crippen LogP contribution in [0.3, 0.4) is 0 Å². The standard InChI is InChI=1S/C14H24N2O4/c1-8(2)11(15-7-20-3)13(17)16-10-5-4-9(6-10)12(16)14(18)19/h8-12,15H,4-7H2,1-3H3,(H,18,19). The molecule has 0 aromatic heterocycles. The lowest BCUT2D eigenvalue weighted by atomic mass is 9.96. The molecule has 0 radical (unpaired) electrons. The Balaban J connectivity index is 2.15. The molecule has 1 aliphatic carbocycles. The molecule has 1 amide bonds. The van der Waals surface area contributed by atoms with E-state index in [1.54, 1.807) is 12.0 Å². The molecule has 1 aliphatic heterocycles. The maximum atomic E-state index is 12.7. The number of piperidine rings is 1. The molecule has 20 heavy (non-hydrogen) atoms. The van der Waals surface area contributed by atoms with E-state index in [4.69, 9.17) is 4.74 Å². The zero-order chi connectivity index (χ0) is 14.9. The highest BCUT2D eigenvalue weighted by Crippen LogP contribution is 2.43. The molecule has 2 fully saturated rings. The smallest absolute Gasteiger partial charge is 0.326 e. The van der Waals surface area contributed by atoms with E-state index in [1.807, 2.05) is 13.8 Å². The molecule has 1 saturated heterocycles. The zero-order valence-corrected chi connectivity index (χ0v) is 12.3. The number of ether oxygens (including phenoxy) is 1. The van der Waals surface area contributed by atoms with Crippen LogP contribution in [0.4, 0.5) is 0 Å². The number of methoxy groups -OCH3 is 1. The van der Waals surface area contributed by atoms with Crippen LogP contribution in [0, 0.1) is 11.8 Å². The van der Waals surface area contributed by atoms with Crippen LogP contribution in [-0.2, 0) is 14.3 Å². The minimum absolute atomic E-state index is 0.0891. The normalized spacial score (nSPS) is 30.0. The summed E-state index contributed by atoms with van der Waals surface area (Å²) in [6.45, 7) is 4.19. The molecule has 4 unspecified atom stereocenters. The van der Waals surface area contributed by atoms with E-state index >= 15 is 0 Å². The first-order chi connectivity index (χ1) is 9.47. The summed E-state index contributed by atoms with van der Waals surface area (Å²) in [5, 5.41) is 12.5. The molecule has 0 aromatic rings. The van der Waals surface area contributed by atoms with Gasteiger partial charge < -0.3 is 14.7 Å². The largest absolute Gasteiger partial charge is 0.480 e. The summed E-state index contributed by atoms with van der Waals surface area (Å²) in [6, 6.07) is -0.942. The number of fused-ring (bicyclic) bond motifs is 2. The topological polar surface area (TPSA) is 78.9 Å². The molecule has 6 heteroatoms. The van der Waals surface area contributed by atoms with Gasteiger partial charge in [0.1, 0.15) is 6.04 Å². The lowest BCUT2D eigenvalue weighted by Crippen LogP contribution is -2.57. The van der Waals surface area contributed by atoms with Gasteiger partial charge in [-0.1, -0.05) is 13.8 Å². The van der Waals surface area contributed by atoms with Crippen LogP contribution in [0.25, 0.3) is 0 Å². The number of hydrogen-bond donors (Lipinski definition) is 2. The van der Waals surface area contributed by atoms with E-state index in [9.17, 15) is 14.7 Å². The third kappa shape index (κ3) is 2.67. The van der Waals surface area contributed by atoms with Gasteiger partial charge in [-0.15, -0.1) is 0 Å². The minimum atomic E-state index is -0.875. The van der Waals surface area contributed by atoms with Crippen molar-refractivity contribution in [1.82, 2.24) is 10.2 Å². The number of carboxylic acids is 1. The lowest BCUT2D eigenvalue weighted by Gasteiger charge is -2.36. The van der Waals surface area contributed by atoms with Gasteiger partial charge in [0.2, 0.25) is 5.91 Å². The third-order valence-electron chi connectivity index (χ3n) is 4.47. The molecule has 2 aliphatic rings. The zero-order valence-electron chi connectivity index (χ0n) is 12.3. The number of carbonyl (C=O) groups is 2. The van der Waals surface area contributed by atoms with Crippen LogP contribution < -0.4 is 5.32 Å². The van der Waals surface area contributed by atoms with Crippen molar-refractivity contribution in [2.24, 2.45) is 11.8 Å². The predicted octanol–water partition coefficient (Wildman–Crippen LogP) is 0.669. The van der Waals surface area contributed by atoms with E-state index in [1.165, 1.54) is 0 Å². The molecule has 1 heterocycles. The van der Waals surface area contributed by atoms with Crippen molar-refractivity contribution >= 4 is 11.9 Å². The number of nitrogens with zero attached hydrogens (tertiary/aromatic N) is 1. The maximum absolute atomic E-state index is 12.7. The predicted molar refractivity (Wildman–Crippen MR) is 73.0 cm³/mol. The lowest BCUT2D eigenvalue weighted by molar-refractivity contribution is -0.154. The number of carbonyl (C=O) groups excluding carboxylic acids is 1. The van der Waals surface area contributed by atoms with Gasteiger partial charge in [-0.05, 0) is 31.1 Å². The Bertz CT molecular complexity index is 385. The van der Waals surface area contributed by atoms with Crippen LogP contribution in [0.5, 0.6) is 0 Å². The number of rotatable bonds is 6. The van der Waals surface area contributed by atoms with E-state index in [0.717, 1.165) is 19.3 Å². The summed E-state index contributed by atoms with van der Waals surface area (Å²) < 4.78 is 4.97. The SMILES string of the molecule is COCNC(C(=O)N1C2CCC(C2)C1C(=O)O)C(C)C. The Labute approximate surface area is 119 Å². The average Bonchev–Trinajstić information content (AvgIpc) is 2.98. The van der Waals surface area contributed by atoms with Gasteiger partial charge >= 0.3 is 5.97 Å². The highest BCUT2D eigenvalue weighted by molar-refractivity contribution is 5.88. The fraction of sp³-hybridized carbons (Fsp3) is 0.857. The first-order valence-corrected chi connectivity index (χ1v) is 7.24. The summed E-state index contributed by atoms with van der Waals surface area (Å²) in [7, 11) is 1.56. The summed E-state index contributed by atoms with van der Waals surface area (Å²) in [5.74, 6) is -0.764. The molecule has 2 N–H and O–H groups in total. The Morgan fingerprint density at radius 3 is 2.65 bits per heavy atom. The Morgan fingerprint density at radius 2 is 2.10 bits per heavy atom. The van der Waals surface area contributed by atoms with E-state index in [-0.39, 0.29) is 30.5 Å². The molecule has 2 bridgehead atoms. The Hall–Kier alpha value is -1.14. The van der Waals surface area contributed by atoms with Gasteiger partial charge in [-0.3, -0.25) is 10.1 Å². The summed E-state index contributed by atoms with van der Waals surface area (Å²) in [6.07, 6.45) is 2.68. The number of aliphatic carboxylic acids is 1. The molecule has 0 spiro atoms. The van der Waals surface area contributed by atoms with Crippen molar-refractivity contribution in [3.8, 4) is 0 Å². The van der Waals surface area contributed by atoms with Crippen LogP contribution in [0.15, 0.2) is 0 Å². The number of carboxylic acid groups (broad SMARTS) is 1. The van der Waals surface area contributed by atoms with Crippen LogP contribution in [0.2, 0.25) is 0 Å². The third-order valence-corrected chi connectivity index (χ3v) is 4.47. The van der Waals surface area contributed by atoms with Crippen LogP contribution in [0.1, 0.15) is 33.1 Å². The first-order valence-electron chi connectivity index (χ1n) is 7.24. The van der Waals surface area contributed by atoms with E-state index in [2.05, 4.69) is 5.32 Å². The fourth-order valence-electron chi connectivity index (χ4n) is 3.56. The molecular formula is C14H24N2O4. The minimum Gasteiger partial charge on any atom is -0.480 e. The van der Waals surface area contributed by atoms with Crippen molar-refractivity contribution in [3.63, 3.8) is 0 Å². The van der Waals surface area contributed by atoms with E-state index in [0.29, 0.717) is 0 Å². The van der Waals surface area contributed by atoms with Gasteiger partial charge in [0, 0.05) is 13.2 Å². The van der Waals surface area contributed by atoms with Gasteiger partial charge in [-0.25, -0.2) is 4.79 Å². The van der Waals surface area contributed by atoms with Crippen molar-refractivity contribution in [2.45, 2.75) is 51.2 Å². The van der Waals surface area contributed by atoms with Gasteiger partial charge in [-0.2, -0.15) is 0 Å².